The Balaban J connectivity index is 1.74. The van der Waals surface area contributed by atoms with Crippen LogP contribution in [-0.4, -0.2) is 29.2 Å². The van der Waals surface area contributed by atoms with E-state index in [0.29, 0.717) is 16.6 Å². The summed E-state index contributed by atoms with van der Waals surface area (Å²) in [5.74, 6) is -1.27. The molecule has 0 atom stereocenters. The van der Waals surface area contributed by atoms with E-state index in [0.717, 1.165) is 9.13 Å². The Kier molecular flexibility index (Phi) is 5.88. The number of rotatable bonds is 6. The van der Waals surface area contributed by atoms with Gasteiger partial charge in [-0.1, -0.05) is 12.1 Å². The van der Waals surface area contributed by atoms with Crippen molar-refractivity contribution in [2.45, 2.75) is 17.9 Å². The first-order valence-corrected chi connectivity index (χ1v) is 10.7. The van der Waals surface area contributed by atoms with Gasteiger partial charge in [-0.2, -0.15) is 0 Å². The molecule has 0 aliphatic rings. The van der Waals surface area contributed by atoms with Crippen LogP contribution < -0.4 is 16.4 Å². The van der Waals surface area contributed by atoms with Crippen molar-refractivity contribution in [3.8, 4) is 0 Å². The molecular weight excluding hydrogens is 413 g/mol. The van der Waals surface area contributed by atoms with Gasteiger partial charge in [-0.3, -0.25) is 14.4 Å². The van der Waals surface area contributed by atoms with Crippen LogP contribution in [0.4, 0.5) is 4.39 Å². The molecule has 1 amide bonds. The maximum Gasteiger partial charge on any atom is 0.316 e. The molecule has 8 nitrogen and oxygen atoms in total. The van der Waals surface area contributed by atoms with Crippen molar-refractivity contribution < 1.29 is 17.6 Å². The maximum atomic E-state index is 12.9. The molecule has 0 unspecified atom stereocenters. The van der Waals surface area contributed by atoms with Crippen LogP contribution in [0.15, 0.2) is 56.9 Å². The summed E-state index contributed by atoms with van der Waals surface area (Å²) in [7, 11) is -0.971. The topological polar surface area (TPSA) is 107 Å². The van der Waals surface area contributed by atoms with Crippen molar-refractivity contribution in [1.29, 1.82) is 0 Å². The highest BCUT2D eigenvalue weighted by Gasteiger charge is 2.19. The van der Waals surface area contributed by atoms with Gasteiger partial charge in [-0.15, -0.1) is 0 Å². The molecule has 2 aromatic carbocycles. The first kappa shape index (κ1) is 21.4. The number of nitrogens with zero attached hydrogens (tertiary/aromatic N) is 2. The van der Waals surface area contributed by atoms with E-state index in [2.05, 4.69) is 5.32 Å². The molecule has 30 heavy (non-hydrogen) atoms. The molecule has 1 aromatic heterocycles. The minimum absolute atomic E-state index is 0.0463. The molecule has 3 rings (SSSR count). The molecule has 0 bridgehead atoms. The zero-order chi connectivity index (χ0) is 22.1. The third kappa shape index (κ3) is 4.33. The smallest absolute Gasteiger partial charge is 0.316 e. The minimum Gasteiger partial charge on any atom is -0.352 e. The van der Waals surface area contributed by atoms with Crippen LogP contribution in [0, 0.1) is 5.82 Å². The molecule has 0 saturated carbocycles. The summed E-state index contributed by atoms with van der Waals surface area (Å²) in [6.07, 6.45) is -0.256. The molecule has 1 N–H and O–H groups in total. The van der Waals surface area contributed by atoms with Gasteiger partial charge in [0.1, 0.15) is 5.82 Å². The van der Waals surface area contributed by atoms with Crippen LogP contribution >= 0.6 is 0 Å². The Labute approximate surface area is 171 Å². The summed E-state index contributed by atoms with van der Waals surface area (Å²) in [5, 5.41) is 2.59. The van der Waals surface area contributed by atoms with Crippen molar-refractivity contribution in [1.82, 2.24) is 14.5 Å². The average Bonchev–Trinajstić information content (AvgIpc) is 2.74. The highest BCUT2D eigenvalue weighted by Crippen LogP contribution is 2.18. The number of carbonyl (C=O) groups is 1. The highest BCUT2D eigenvalue weighted by molar-refractivity contribution is 7.91. The van der Waals surface area contributed by atoms with Crippen LogP contribution in [0.1, 0.15) is 12.0 Å². The second-order valence-electron chi connectivity index (χ2n) is 6.85. The molecular formula is C20H20FN3O5S. The first-order valence-electron chi connectivity index (χ1n) is 9.04. The lowest BCUT2D eigenvalue weighted by Crippen LogP contribution is -2.39. The highest BCUT2D eigenvalue weighted by atomic mass is 32.2. The largest absolute Gasteiger partial charge is 0.352 e. The number of sulfone groups is 1. The molecule has 3 aromatic rings. The van der Waals surface area contributed by atoms with Gasteiger partial charge < -0.3 is 14.5 Å². The number of hydrogen-bond acceptors (Lipinski definition) is 5. The summed E-state index contributed by atoms with van der Waals surface area (Å²) in [6, 6.07) is 9.72. The van der Waals surface area contributed by atoms with E-state index in [1.165, 1.54) is 56.6 Å². The summed E-state index contributed by atoms with van der Waals surface area (Å²) >= 11 is 0. The lowest BCUT2D eigenvalue weighted by molar-refractivity contribution is -0.120. The molecule has 1 heterocycles. The second kappa shape index (κ2) is 8.23. The third-order valence-electron chi connectivity index (χ3n) is 4.82. The lowest BCUT2D eigenvalue weighted by Gasteiger charge is -2.11. The molecule has 0 aliphatic heterocycles. The molecule has 0 spiro atoms. The van der Waals surface area contributed by atoms with E-state index in [1.54, 1.807) is 0 Å². The Hall–Kier alpha value is -3.27. The van der Waals surface area contributed by atoms with E-state index in [1.807, 2.05) is 0 Å². The number of aromatic nitrogens is 2. The Bertz CT molecular complexity index is 1340. The number of nitrogens with one attached hydrogen (secondary N) is 1. The van der Waals surface area contributed by atoms with Gasteiger partial charge >= 0.3 is 11.1 Å². The molecule has 0 saturated heterocycles. The SMILES string of the molecule is Cn1c(=O)c(=O)n(C)c2cc(S(=O)(=O)CCC(=O)NCc3ccc(F)cc3)ccc21. The predicted octanol–water partition coefficient (Wildman–Crippen LogP) is 0.857. The normalized spacial score (nSPS) is 11.6. The standard InChI is InChI=1S/C20H20FN3O5S/c1-23-16-8-7-15(11-17(16)24(2)20(27)19(23)26)30(28,29)10-9-18(25)22-12-13-3-5-14(21)6-4-13/h3-8,11H,9-10,12H2,1-2H3,(H,22,25). The van der Waals surface area contributed by atoms with Crippen LogP contribution in [0.5, 0.6) is 0 Å². The summed E-state index contributed by atoms with van der Waals surface area (Å²) in [4.78, 5) is 35.9. The van der Waals surface area contributed by atoms with E-state index in [-0.39, 0.29) is 23.7 Å². The predicted molar refractivity (Wildman–Crippen MR) is 109 cm³/mol. The van der Waals surface area contributed by atoms with Crippen LogP contribution in [0.3, 0.4) is 0 Å². The van der Waals surface area contributed by atoms with Crippen molar-refractivity contribution >= 4 is 26.8 Å². The van der Waals surface area contributed by atoms with Gasteiger partial charge in [-0.25, -0.2) is 12.8 Å². The number of carbonyl (C=O) groups excluding carboxylic acids is 1. The summed E-state index contributed by atoms with van der Waals surface area (Å²) in [6.45, 7) is 0.158. The summed E-state index contributed by atoms with van der Waals surface area (Å²) < 4.78 is 40.5. The number of hydrogen-bond donors (Lipinski definition) is 1. The molecule has 0 radical (unpaired) electrons. The first-order chi connectivity index (χ1) is 14.1. The molecule has 0 fully saturated rings. The maximum absolute atomic E-state index is 12.9. The van der Waals surface area contributed by atoms with E-state index in [4.69, 9.17) is 0 Å². The van der Waals surface area contributed by atoms with Gasteiger partial charge in [0.25, 0.3) is 0 Å². The van der Waals surface area contributed by atoms with Gasteiger partial charge in [-0.05, 0) is 35.9 Å². The fourth-order valence-corrected chi connectivity index (χ4v) is 4.25. The Morgan fingerprint density at radius 3 is 2.20 bits per heavy atom. The lowest BCUT2D eigenvalue weighted by atomic mass is 10.2. The number of amides is 1. The van der Waals surface area contributed by atoms with Gasteiger partial charge in [0.05, 0.1) is 21.7 Å². The number of benzene rings is 2. The summed E-state index contributed by atoms with van der Waals surface area (Å²) in [5.41, 5.74) is -0.0751. The monoisotopic (exact) mass is 433 g/mol. The fraction of sp³-hybridized carbons (Fsp3) is 0.250. The van der Waals surface area contributed by atoms with Gasteiger partial charge in [0.2, 0.25) is 5.91 Å². The second-order valence-corrected chi connectivity index (χ2v) is 8.96. The fourth-order valence-electron chi connectivity index (χ4n) is 2.99. The zero-order valence-electron chi connectivity index (χ0n) is 16.4. The van der Waals surface area contributed by atoms with E-state index in [9.17, 15) is 27.2 Å². The van der Waals surface area contributed by atoms with Crippen LogP contribution in [0.2, 0.25) is 0 Å². The van der Waals surface area contributed by atoms with E-state index < -0.39 is 32.6 Å². The quantitative estimate of drug-likeness (QED) is 0.580. The van der Waals surface area contributed by atoms with Crippen molar-refractivity contribution in [2.24, 2.45) is 14.1 Å². The van der Waals surface area contributed by atoms with Gasteiger partial charge in [0.15, 0.2) is 9.84 Å². The number of aryl methyl sites for hydroxylation is 2. The van der Waals surface area contributed by atoms with Gasteiger partial charge in [0, 0.05) is 27.1 Å². The number of halogens is 1. The van der Waals surface area contributed by atoms with Crippen molar-refractivity contribution in [3.05, 3.63) is 74.6 Å². The zero-order valence-corrected chi connectivity index (χ0v) is 17.2. The number of fused-ring (bicyclic) bond motifs is 1. The van der Waals surface area contributed by atoms with Crippen molar-refractivity contribution in [2.75, 3.05) is 5.75 Å². The molecule has 158 valence electrons. The average molecular weight is 433 g/mol. The third-order valence-corrected chi connectivity index (χ3v) is 6.54. The molecule has 0 aliphatic carbocycles. The van der Waals surface area contributed by atoms with E-state index >= 15 is 0 Å². The Morgan fingerprint density at radius 2 is 1.57 bits per heavy atom. The van der Waals surface area contributed by atoms with Crippen LogP contribution in [-0.2, 0) is 35.3 Å². The minimum atomic E-state index is -3.80. The van der Waals surface area contributed by atoms with Crippen molar-refractivity contribution in [3.63, 3.8) is 0 Å². The Morgan fingerprint density at radius 1 is 0.967 bits per heavy atom. The molecule has 10 heteroatoms. The van der Waals surface area contributed by atoms with Crippen LogP contribution in [0.25, 0.3) is 11.0 Å².